The fraction of sp³-hybridized carbons (Fsp3) is 0.182. The molecule has 0 aliphatic rings. The molecule has 1 aromatic carbocycles. The summed E-state index contributed by atoms with van der Waals surface area (Å²) in [6.07, 6.45) is 1.44. The standard InChI is InChI=1S/C11H11NO2/c13-11(10-6-7-14-12-10)8-9-4-2-1-3-5-9/h1-7,11,13H,8H2. The van der Waals surface area contributed by atoms with Crippen LogP contribution in [0, 0.1) is 0 Å². The van der Waals surface area contributed by atoms with Crippen molar-refractivity contribution in [1.29, 1.82) is 0 Å². The Balaban J connectivity index is 2.06. The third-order valence-corrected chi connectivity index (χ3v) is 2.07. The van der Waals surface area contributed by atoms with E-state index < -0.39 is 6.10 Å². The summed E-state index contributed by atoms with van der Waals surface area (Å²) >= 11 is 0. The summed E-state index contributed by atoms with van der Waals surface area (Å²) in [5, 5.41) is 13.4. The van der Waals surface area contributed by atoms with E-state index in [1.807, 2.05) is 30.3 Å². The van der Waals surface area contributed by atoms with Crippen LogP contribution in [0.2, 0.25) is 0 Å². The second-order valence-electron chi connectivity index (χ2n) is 3.13. The predicted octanol–water partition coefficient (Wildman–Crippen LogP) is 1.95. The third-order valence-electron chi connectivity index (χ3n) is 2.07. The van der Waals surface area contributed by atoms with Gasteiger partial charge in [-0.2, -0.15) is 0 Å². The third kappa shape index (κ3) is 2.00. The Morgan fingerprint density at radius 3 is 2.64 bits per heavy atom. The molecule has 2 aromatic rings. The quantitative estimate of drug-likeness (QED) is 0.802. The van der Waals surface area contributed by atoms with Crippen molar-refractivity contribution < 1.29 is 9.63 Å². The zero-order valence-corrected chi connectivity index (χ0v) is 7.63. The van der Waals surface area contributed by atoms with E-state index in [4.69, 9.17) is 0 Å². The summed E-state index contributed by atoms with van der Waals surface area (Å²) in [6.45, 7) is 0. The van der Waals surface area contributed by atoms with Gasteiger partial charge in [-0.05, 0) is 5.56 Å². The van der Waals surface area contributed by atoms with Crippen LogP contribution >= 0.6 is 0 Å². The van der Waals surface area contributed by atoms with Gasteiger partial charge in [0.2, 0.25) is 0 Å². The minimum atomic E-state index is -0.587. The molecule has 1 aromatic heterocycles. The van der Waals surface area contributed by atoms with Crippen LogP contribution in [-0.4, -0.2) is 10.3 Å². The van der Waals surface area contributed by atoms with Crippen LogP contribution in [0.1, 0.15) is 17.4 Å². The van der Waals surface area contributed by atoms with Crippen LogP contribution in [0.25, 0.3) is 0 Å². The summed E-state index contributed by atoms with van der Waals surface area (Å²) in [4.78, 5) is 0. The van der Waals surface area contributed by atoms with Gasteiger partial charge in [0.1, 0.15) is 18.1 Å². The average molecular weight is 189 g/mol. The van der Waals surface area contributed by atoms with Gasteiger partial charge in [-0.3, -0.25) is 0 Å². The van der Waals surface area contributed by atoms with Gasteiger partial charge in [-0.25, -0.2) is 0 Å². The van der Waals surface area contributed by atoms with Crippen molar-refractivity contribution in [3.05, 3.63) is 53.9 Å². The predicted molar refractivity (Wildman–Crippen MR) is 51.6 cm³/mol. The molecule has 0 spiro atoms. The first kappa shape index (κ1) is 8.97. The maximum absolute atomic E-state index is 9.74. The van der Waals surface area contributed by atoms with E-state index in [0.29, 0.717) is 12.1 Å². The zero-order valence-electron chi connectivity index (χ0n) is 7.63. The Morgan fingerprint density at radius 1 is 1.21 bits per heavy atom. The number of rotatable bonds is 3. The molecule has 0 saturated carbocycles. The smallest absolute Gasteiger partial charge is 0.124 e. The first-order chi connectivity index (χ1) is 6.86. The van der Waals surface area contributed by atoms with Gasteiger partial charge in [0.05, 0.1) is 0 Å². The minimum absolute atomic E-state index is 0.563. The van der Waals surface area contributed by atoms with E-state index in [1.54, 1.807) is 6.07 Å². The Labute approximate surface area is 82.0 Å². The number of aliphatic hydroxyl groups is 1. The first-order valence-corrected chi connectivity index (χ1v) is 4.48. The van der Waals surface area contributed by atoms with E-state index in [2.05, 4.69) is 9.68 Å². The Morgan fingerprint density at radius 2 is 2.00 bits per heavy atom. The van der Waals surface area contributed by atoms with Gasteiger partial charge in [0.25, 0.3) is 0 Å². The number of benzene rings is 1. The summed E-state index contributed by atoms with van der Waals surface area (Å²) in [5.41, 5.74) is 1.66. The molecular formula is C11H11NO2. The highest BCUT2D eigenvalue weighted by Crippen LogP contribution is 2.15. The van der Waals surface area contributed by atoms with Gasteiger partial charge < -0.3 is 9.63 Å². The summed E-state index contributed by atoms with van der Waals surface area (Å²) < 4.78 is 4.66. The van der Waals surface area contributed by atoms with Crippen LogP contribution in [0.4, 0.5) is 0 Å². The molecule has 2 rings (SSSR count). The van der Waals surface area contributed by atoms with Crippen LogP contribution in [0.15, 0.2) is 47.2 Å². The minimum Gasteiger partial charge on any atom is -0.386 e. The maximum Gasteiger partial charge on any atom is 0.124 e. The highest BCUT2D eigenvalue weighted by molar-refractivity contribution is 5.17. The van der Waals surface area contributed by atoms with E-state index in [9.17, 15) is 5.11 Å². The Hall–Kier alpha value is -1.61. The molecule has 0 fully saturated rings. The molecule has 1 unspecified atom stereocenters. The fourth-order valence-electron chi connectivity index (χ4n) is 1.34. The lowest BCUT2D eigenvalue weighted by Crippen LogP contribution is -2.01. The SMILES string of the molecule is OC(Cc1ccccc1)c1ccon1. The normalized spacial score (nSPS) is 12.6. The molecule has 0 saturated heterocycles. The molecule has 0 radical (unpaired) electrons. The lowest BCUT2D eigenvalue weighted by molar-refractivity contribution is 0.168. The molecule has 72 valence electrons. The monoisotopic (exact) mass is 189 g/mol. The largest absolute Gasteiger partial charge is 0.386 e. The topological polar surface area (TPSA) is 46.3 Å². The molecule has 0 bridgehead atoms. The number of aliphatic hydroxyl groups excluding tert-OH is 1. The highest BCUT2D eigenvalue weighted by Gasteiger charge is 2.10. The van der Waals surface area contributed by atoms with Crippen molar-refractivity contribution in [1.82, 2.24) is 5.16 Å². The van der Waals surface area contributed by atoms with E-state index in [-0.39, 0.29) is 0 Å². The van der Waals surface area contributed by atoms with Crippen molar-refractivity contribution in [3.63, 3.8) is 0 Å². The van der Waals surface area contributed by atoms with Gasteiger partial charge >= 0.3 is 0 Å². The summed E-state index contributed by atoms with van der Waals surface area (Å²) in [5.74, 6) is 0. The molecule has 3 heteroatoms. The maximum atomic E-state index is 9.74. The molecule has 1 atom stereocenters. The number of nitrogens with zero attached hydrogens (tertiary/aromatic N) is 1. The number of hydrogen-bond acceptors (Lipinski definition) is 3. The summed E-state index contributed by atoms with van der Waals surface area (Å²) in [6, 6.07) is 11.5. The fourth-order valence-corrected chi connectivity index (χ4v) is 1.34. The second kappa shape index (κ2) is 4.07. The van der Waals surface area contributed by atoms with E-state index in [1.165, 1.54) is 6.26 Å². The second-order valence-corrected chi connectivity index (χ2v) is 3.13. The molecule has 0 aliphatic carbocycles. The Kier molecular flexibility index (Phi) is 2.60. The molecule has 0 amide bonds. The first-order valence-electron chi connectivity index (χ1n) is 4.48. The lowest BCUT2D eigenvalue weighted by atomic mass is 10.1. The molecule has 1 N–H and O–H groups in total. The molecular weight excluding hydrogens is 178 g/mol. The van der Waals surface area contributed by atoms with Crippen LogP contribution in [0.5, 0.6) is 0 Å². The number of hydrogen-bond donors (Lipinski definition) is 1. The van der Waals surface area contributed by atoms with Gasteiger partial charge in [-0.1, -0.05) is 35.5 Å². The van der Waals surface area contributed by atoms with E-state index in [0.717, 1.165) is 5.56 Å². The van der Waals surface area contributed by atoms with Crippen molar-refractivity contribution in [2.45, 2.75) is 12.5 Å². The summed E-state index contributed by atoms with van der Waals surface area (Å²) in [7, 11) is 0. The average Bonchev–Trinajstić information content (AvgIpc) is 2.72. The van der Waals surface area contributed by atoms with Gasteiger partial charge in [0, 0.05) is 12.5 Å². The highest BCUT2D eigenvalue weighted by atomic mass is 16.5. The molecule has 1 heterocycles. The van der Waals surface area contributed by atoms with E-state index >= 15 is 0 Å². The van der Waals surface area contributed by atoms with Crippen LogP contribution in [0.3, 0.4) is 0 Å². The number of aromatic nitrogens is 1. The molecule has 0 aliphatic heterocycles. The van der Waals surface area contributed by atoms with Crippen LogP contribution in [-0.2, 0) is 6.42 Å². The van der Waals surface area contributed by atoms with Crippen molar-refractivity contribution in [2.24, 2.45) is 0 Å². The zero-order chi connectivity index (χ0) is 9.80. The molecule has 3 nitrogen and oxygen atoms in total. The van der Waals surface area contributed by atoms with Gasteiger partial charge in [0.15, 0.2) is 0 Å². The van der Waals surface area contributed by atoms with Gasteiger partial charge in [-0.15, -0.1) is 0 Å². The lowest BCUT2D eigenvalue weighted by Gasteiger charge is -2.06. The van der Waals surface area contributed by atoms with Crippen molar-refractivity contribution in [3.8, 4) is 0 Å². The molecule has 14 heavy (non-hydrogen) atoms. The Bertz CT molecular complexity index is 369. The van der Waals surface area contributed by atoms with Crippen molar-refractivity contribution >= 4 is 0 Å². The van der Waals surface area contributed by atoms with Crippen LogP contribution < -0.4 is 0 Å². The van der Waals surface area contributed by atoms with Crippen molar-refractivity contribution in [2.75, 3.05) is 0 Å².